The Hall–Kier alpha value is -0.790. The second kappa shape index (κ2) is 5.24. The van der Waals surface area contributed by atoms with Crippen LogP contribution in [0.4, 0.5) is 0 Å². The van der Waals surface area contributed by atoms with Crippen LogP contribution in [0.15, 0.2) is 31.7 Å². The highest BCUT2D eigenvalue weighted by molar-refractivity contribution is 9.10. The maximum Gasteiger partial charge on any atom is 0.343 e. The van der Waals surface area contributed by atoms with Crippen molar-refractivity contribution >= 4 is 39.3 Å². The summed E-state index contributed by atoms with van der Waals surface area (Å²) in [5.41, 5.74) is -0.222. The van der Waals surface area contributed by atoms with Crippen LogP contribution in [0.1, 0.15) is 6.92 Å². The Labute approximate surface area is 115 Å². The van der Waals surface area contributed by atoms with E-state index in [-0.39, 0.29) is 5.69 Å². The molecule has 0 amide bonds. The van der Waals surface area contributed by atoms with Crippen molar-refractivity contribution in [2.24, 2.45) is 0 Å². The Bertz CT molecular complexity index is 597. The molecule has 0 radical (unpaired) electrons. The van der Waals surface area contributed by atoms with Crippen LogP contribution in [0.5, 0.6) is 0 Å². The lowest BCUT2D eigenvalue weighted by atomic mass is 10.5. The van der Waals surface area contributed by atoms with Gasteiger partial charge in [0.05, 0.1) is 9.50 Å². The van der Waals surface area contributed by atoms with Gasteiger partial charge in [-0.3, -0.25) is 4.57 Å². The molecule has 2 heterocycles. The van der Waals surface area contributed by atoms with Gasteiger partial charge in [-0.2, -0.15) is 0 Å². The molecule has 5 nitrogen and oxygen atoms in total. The Morgan fingerprint density at radius 1 is 1.65 bits per heavy atom. The molecule has 90 valence electrons. The van der Waals surface area contributed by atoms with E-state index in [2.05, 4.69) is 31.1 Å². The van der Waals surface area contributed by atoms with Crippen molar-refractivity contribution in [2.75, 3.05) is 0 Å². The Morgan fingerprint density at radius 2 is 2.41 bits per heavy atom. The minimum atomic E-state index is -0.222. The maximum absolute atomic E-state index is 11.4. The van der Waals surface area contributed by atoms with Crippen molar-refractivity contribution in [3.8, 4) is 0 Å². The summed E-state index contributed by atoms with van der Waals surface area (Å²) in [4.78, 5) is 15.6. The first-order valence-electron chi connectivity index (χ1n) is 4.76. The molecule has 2 rings (SSSR count). The third-order valence-electron chi connectivity index (χ3n) is 2.00. The maximum atomic E-state index is 11.4. The van der Waals surface area contributed by atoms with Gasteiger partial charge in [-0.05, 0) is 40.7 Å². The second-order valence-corrected chi connectivity index (χ2v) is 5.34. The number of aromatic amines is 1. The van der Waals surface area contributed by atoms with E-state index in [1.54, 1.807) is 12.3 Å². The summed E-state index contributed by atoms with van der Waals surface area (Å²) >= 11 is 10.5. The van der Waals surface area contributed by atoms with Gasteiger partial charge in [0.2, 0.25) is 0 Å². The highest BCUT2D eigenvalue weighted by Crippen LogP contribution is 2.31. The van der Waals surface area contributed by atoms with Crippen LogP contribution in [0.3, 0.4) is 0 Å². The van der Waals surface area contributed by atoms with Crippen LogP contribution in [-0.2, 0) is 6.54 Å². The van der Waals surface area contributed by atoms with Crippen LogP contribution in [-0.4, -0.2) is 19.7 Å². The van der Waals surface area contributed by atoms with Crippen LogP contribution >= 0.6 is 39.3 Å². The van der Waals surface area contributed by atoms with E-state index < -0.39 is 0 Å². The average molecular weight is 336 g/mol. The molecule has 0 unspecified atom stereocenters. The van der Waals surface area contributed by atoms with E-state index in [0.717, 1.165) is 4.47 Å². The molecule has 17 heavy (non-hydrogen) atoms. The van der Waals surface area contributed by atoms with Gasteiger partial charge in [0.15, 0.2) is 5.16 Å². The predicted molar refractivity (Wildman–Crippen MR) is 69.6 cm³/mol. The van der Waals surface area contributed by atoms with E-state index in [1.807, 2.05) is 6.92 Å². The molecule has 0 aliphatic rings. The number of halogens is 2. The standard InChI is InChI=1S/C9H8BrClN4OS/c1-2-15-8(16)13-14-9(15)17-7-6(10)3-5(11)4-12-7/h3-4H,2H2,1H3,(H,13,16). The topological polar surface area (TPSA) is 63.6 Å². The molecule has 0 atom stereocenters. The molecular formula is C9H8BrClN4OS. The first-order chi connectivity index (χ1) is 8.11. The van der Waals surface area contributed by atoms with Crippen molar-refractivity contribution in [2.45, 2.75) is 23.7 Å². The summed E-state index contributed by atoms with van der Waals surface area (Å²) in [6.45, 7) is 2.44. The smallest absolute Gasteiger partial charge is 0.270 e. The molecule has 0 saturated heterocycles. The number of hydrogen-bond acceptors (Lipinski definition) is 4. The van der Waals surface area contributed by atoms with Gasteiger partial charge in [-0.25, -0.2) is 14.9 Å². The minimum absolute atomic E-state index is 0.222. The van der Waals surface area contributed by atoms with Gasteiger partial charge < -0.3 is 0 Å². The quantitative estimate of drug-likeness (QED) is 0.936. The SMILES string of the molecule is CCn1c(Sc2ncc(Cl)cc2Br)n[nH]c1=O. The molecule has 1 N–H and O–H groups in total. The fourth-order valence-corrected chi connectivity index (χ4v) is 2.95. The van der Waals surface area contributed by atoms with Gasteiger partial charge in [0.1, 0.15) is 5.03 Å². The van der Waals surface area contributed by atoms with Gasteiger partial charge in [-0.1, -0.05) is 11.6 Å². The zero-order chi connectivity index (χ0) is 12.4. The molecular weight excluding hydrogens is 328 g/mol. The van der Waals surface area contributed by atoms with E-state index in [1.165, 1.54) is 16.3 Å². The lowest BCUT2D eigenvalue weighted by molar-refractivity contribution is 0.660. The average Bonchev–Trinajstić information content (AvgIpc) is 2.63. The number of H-pyrrole nitrogens is 1. The Morgan fingerprint density at radius 3 is 3.06 bits per heavy atom. The summed E-state index contributed by atoms with van der Waals surface area (Å²) in [5, 5.41) is 8.19. The molecule has 0 aromatic carbocycles. The second-order valence-electron chi connectivity index (χ2n) is 3.10. The van der Waals surface area contributed by atoms with E-state index in [4.69, 9.17) is 11.6 Å². The molecule has 0 fully saturated rings. The van der Waals surface area contributed by atoms with Gasteiger partial charge >= 0.3 is 5.69 Å². The first kappa shape index (κ1) is 12.7. The summed E-state index contributed by atoms with van der Waals surface area (Å²) in [6.07, 6.45) is 1.55. The summed E-state index contributed by atoms with van der Waals surface area (Å²) < 4.78 is 2.31. The third kappa shape index (κ3) is 2.72. The number of hydrogen-bond donors (Lipinski definition) is 1. The van der Waals surface area contributed by atoms with E-state index >= 15 is 0 Å². The van der Waals surface area contributed by atoms with Crippen molar-refractivity contribution in [1.29, 1.82) is 0 Å². The van der Waals surface area contributed by atoms with Crippen molar-refractivity contribution in [3.63, 3.8) is 0 Å². The van der Waals surface area contributed by atoms with Gasteiger partial charge in [-0.15, -0.1) is 5.10 Å². The molecule has 0 bridgehead atoms. The molecule has 2 aromatic heterocycles. The fourth-order valence-electron chi connectivity index (χ4n) is 1.22. The predicted octanol–water partition coefficient (Wildman–Crippen LogP) is 2.55. The van der Waals surface area contributed by atoms with Crippen LogP contribution in [0, 0.1) is 0 Å². The van der Waals surface area contributed by atoms with Gasteiger partial charge in [0.25, 0.3) is 0 Å². The number of nitrogens with one attached hydrogen (secondary N) is 1. The Balaban J connectivity index is 2.34. The van der Waals surface area contributed by atoms with Crippen LogP contribution in [0.2, 0.25) is 5.02 Å². The minimum Gasteiger partial charge on any atom is -0.270 e. The molecule has 0 aliphatic carbocycles. The molecule has 0 saturated carbocycles. The van der Waals surface area contributed by atoms with Gasteiger partial charge in [0, 0.05) is 12.7 Å². The summed E-state index contributed by atoms with van der Waals surface area (Å²) in [5.74, 6) is 0. The lowest BCUT2D eigenvalue weighted by Gasteiger charge is -2.03. The molecule has 2 aromatic rings. The normalized spacial score (nSPS) is 10.8. The molecule has 0 aliphatic heterocycles. The highest BCUT2D eigenvalue weighted by atomic mass is 79.9. The highest BCUT2D eigenvalue weighted by Gasteiger charge is 2.11. The largest absolute Gasteiger partial charge is 0.343 e. The molecule has 0 spiro atoms. The zero-order valence-electron chi connectivity index (χ0n) is 8.78. The summed E-state index contributed by atoms with van der Waals surface area (Å²) in [7, 11) is 0. The first-order valence-corrected chi connectivity index (χ1v) is 6.74. The number of nitrogens with zero attached hydrogens (tertiary/aromatic N) is 3. The van der Waals surface area contributed by atoms with E-state index in [0.29, 0.717) is 21.7 Å². The lowest BCUT2D eigenvalue weighted by Crippen LogP contribution is -2.16. The number of pyridine rings is 1. The number of rotatable bonds is 3. The zero-order valence-corrected chi connectivity index (χ0v) is 11.9. The van der Waals surface area contributed by atoms with Crippen LogP contribution < -0.4 is 5.69 Å². The van der Waals surface area contributed by atoms with E-state index in [9.17, 15) is 4.79 Å². The Kier molecular flexibility index (Phi) is 3.90. The number of aromatic nitrogens is 4. The van der Waals surface area contributed by atoms with Crippen LogP contribution in [0.25, 0.3) is 0 Å². The summed E-state index contributed by atoms with van der Waals surface area (Å²) in [6, 6.07) is 1.75. The third-order valence-corrected chi connectivity index (χ3v) is 4.09. The van der Waals surface area contributed by atoms with Crippen molar-refractivity contribution < 1.29 is 0 Å². The molecule has 8 heteroatoms. The fraction of sp³-hybridized carbons (Fsp3) is 0.222. The van der Waals surface area contributed by atoms with Crippen molar-refractivity contribution in [3.05, 3.63) is 32.2 Å². The van der Waals surface area contributed by atoms with Crippen molar-refractivity contribution in [1.82, 2.24) is 19.7 Å². The monoisotopic (exact) mass is 334 g/mol.